The van der Waals surface area contributed by atoms with Crippen LogP contribution in [0, 0.1) is 0 Å². The van der Waals surface area contributed by atoms with E-state index >= 15 is 0 Å². The summed E-state index contributed by atoms with van der Waals surface area (Å²) in [5.74, 6) is -0.173. The summed E-state index contributed by atoms with van der Waals surface area (Å²) in [5, 5.41) is 1.90. The quantitative estimate of drug-likeness (QED) is 0.723. The first-order valence-corrected chi connectivity index (χ1v) is 5.00. The molecule has 2 heterocycles. The summed E-state index contributed by atoms with van der Waals surface area (Å²) in [7, 11) is 0. The number of H-pyrrole nitrogens is 1. The molecule has 0 aliphatic carbocycles. The van der Waals surface area contributed by atoms with Crippen LogP contribution >= 0.6 is 0 Å². The van der Waals surface area contributed by atoms with Gasteiger partial charge in [0, 0.05) is 25.4 Å². The zero-order valence-corrected chi connectivity index (χ0v) is 8.32. The Kier molecular flexibility index (Phi) is 2.82. The topological polar surface area (TPSA) is 65.2 Å². The van der Waals surface area contributed by atoms with Crippen LogP contribution in [0.4, 0.5) is 0 Å². The van der Waals surface area contributed by atoms with Crippen molar-refractivity contribution in [2.75, 3.05) is 13.1 Å². The average molecular weight is 207 g/mol. The zero-order chi connectivity index (χ0) is 10.7. The van der Waals surface area contributed by atoms with Gasteiger partial charge in [0.25, 0.3) is 5.91 Å². The lowest BCUT2D eigenvalue weighted by Gasteiger charge is -2.15. The number of carbonyl (C=O) groups excluding carboxylic acids is 1. The molecule has 2 N–H and O–H groups in total. The highest BCUT2D eigenvalue weighted by atomic mass is 16.2. The fraction of sp³-hybridized carbons (Fsp3) is 0.400. The van der Waals surface area contributed by atoms with Crippen molar-refractivity contribution in [2.45, 2.75) is 12.8 Å². The number of aromatic nitrogens is 1. The number of hydrazine groups is 1. The van der Waals surface area contributed by atoms with Crippen molar-refractivity contribution < 1.29 is 4.79 Å². The Labute approximate surface area is 87.1 Å². The van der Waals surface area contributed by atoms with E-state index in [9.17, 15) is 9.59 Å². The highest BCUT2D eigenvalue weighted by molar-refractivity contribution is 5.93. The molecule has 5 nitrogen and oxygen atoms in total. The van der Waals surface area contributed by atoms with E-state index in [1.165, 1.54) is 18.3 Å². The molecular weight excluding hydrogens is 194 g/mol. The van der Waals surface area contributed by atoms with E-state index < -0.39 is 0 Å². The SMILES string of the molecule is O=C(NN1CCCC1)c1ccc(=O)[nH]c1. The van der Waals surface area contributed by atoms with Crippen molar-refractivity contribution >= 4 is 5.91 Å². The van der Waals surface area contributed by atoms with Crippen molar-refractivity contribution in [3.8, 4) is 0 Å². The van der Waals surface area contributed by atoms with Gasteiger partial charge in [-0.1, -0.05) is 0 Å². The zero-order valence-electron chi connectivity index (χ0n) is 8.32. The van der Waals surface area contributed by atoms with Gasteiger partial charge in [0.05, 0.1) is 5.56 Å². The Morgan fingerprint density at radius 3 is 2.67 bits per heavy atom. The maximum absolute atomic E-state index is 11.6. The van der Waals surface area contributed by atoms with Crippen molar-refractivity contribution in [1.29, 1.82) is 0 Å². The first kappa shape index (κ1) is 9.92. The summed E-state index contributed by atoms with van der Waals surface area (Å²) in [6, 6.07) is 2.86. The van der Waals surface area contributed by atoms with Crippen LogP contribution in [0.15, 0.2) is 23.1 Å². The predicted molar refractivity (Wildman–Crippen MR) is 55.3 cm³/mol. The molecule has 1 saturated heterocycles. The van der Waals surface area contributed by atoms with Crippen molar-refractivity contribution in [3.63, 3.8) is 0 Å². The van der Waals surface area contributed by atoms with Crippen LogP contribution in [0.25, 0.3) is 0 Å². The molecule has 0 bridgehead atoms. The Hall–Kier alpha value is -1.62. The van der Waals surface area contributed by atoms with Gasteiger partial charge in [-0.3, -0.25) is 15.0 Å². The largest absolute Gasteiger partial charge is 0.328 e. The van der Waals surface area contributed by atoms with Gasteiger partial charge in [0.2, 0.25) is 5.56 Å². The number of pyridine rings is 1. The summed E-state index contributed by atoms with van der Waals surface area (Å²) >= 11 is 0. The molecule has 0 radical (unpaired) electrons. The van der Waals surface area contributed by atoms with E-state index in [2.05, 4.69) is 10.4 Å². The lowest BCUT2D eigenvalue weighted by molar-refractivity contribution is 0.0825. The van der Waals surface area contributed by atoms with E-state index in [0.717, 1.165) is 25.9 Å². The summed E-state index contributed by atoms with van der Waals surface area (Å²) in [6.45, 7) is 1.80. The van der Waals surface area contributed by atoms with E-state index in [1.807, 2.05) is 5.01 Å². The molecule has 2 rings (SSSR count). The van der Waals surface area contributed by atoms with Crippen molar-refractivity contribution in [2.24, 2.45) is 0 Å². The Balaban J connectivity index is 2.01. The normalized spacial score (nSPS) is 16.5. The van der Waals surface area contributed by atoms with Crippen LogP contribution in [-0.2, 0) is 0 Å². The van der Waals surface area contributed by atoms with Crippen molar-refractivity contribution in [1.82, 2.24) is 15.4 Å². The van der Waals surface area contributed by atoms with Crippen LogP contribution in [0.5, 0.6) is 0 Å². The van der Waals surface area contributed by atoms with E-state index in [1.54, 1.807) is 0 Å². The maximum atomic E-state index is 11.6. The summed E-state index contributed by atoms with van der Waals surface area (Å²) in [6.07, 6.45) is 3.66. The molecule has 1 aliphatic rings. The first-order chi connectivity index (χ1) is 7.25. The second-order valence-corrected chi connectivity index (χ2v) is 3.58. The molecule has 1 fully saturated rings. The van der Waals surface area contributed by atoms with Gasteiger partial charge < -0.3 is 4.98 Å². The van der Waals surface area contributed by atoms with E-state index in [4.69, 9.17) is 0 Å². The number of hydrogen-bond donors (Lipinski definition) is 2. The number of nitrogens with one attached hydrogen (secondary N) is 2. The minimum absolute atomic E-state index is 0.173. The molecule has 0 spiro atoms. The lowest BCUT2D eigenvalue weighted by Crippen LogP contribution is -2.40. The molecule has 15 heavy (non-hydrogen) atoms. The third-order valence-corrected chi connectivity index (χ3v) is 2.41. The summed E-state index contributed by atoms with van der Waals surface area (Å²) in [5.41, 5.74) is 3.06. The van der Waals surface area contributed by atoms with Crippen LogP contribution in [0.2, 0.25) is 0 Å². The van der Waals surface area contributed by atoms with Gasteiger partial charge in [-0.15, -0.1) is 0 Å². The van der Waals surface area contributed by atoms with Gasteiger partial charge in [-0.25, -0.2) is 5.01 Å². The standard InChI is InChI=1S/C10H13N3O2/c14-9-4-3-8(7-11-9)10(15)12-13-5-1-2-6-13/h3-4,7H,1-2,5-6H2,(H,11,14)(H,12,15). The molecule has 80 valence electrons. The molecule has 0 aromatic carbocycles. The molecule has 1 amide bonds. The predicted octanol–water partition coefficient (Wildman–Crippen LogP) is 0.115. The number of rotatable bonds is 2. The minimum Gasteiger partial charge on any atom is -0.328 e. The second-order valence-electron chi connectivity index (χ2n) is 3.58. The molecule has 1 aliphatic heterocycles. The lowest BCUT2D eigenvalue weighted by atomic mass is 10.3. The summed E-state index contributed by atoms with van der Waals surface area (Å²) in [4.78, 5) is 24.9. The third-order valence-electron chi connectivity index (χ3n) is 2.41. The van der Waals surface area contributed by atoms with Crippen molar-refractivity contribution in [3.05, 3.63) is 34.2 Å². The third kappa shape index (κ3) is 2.44. The monoisotopic (exact) mass is 207 g/mol. The van der Waals surface area contributed by atoms with E-state index in [0.29, 0.717) is 5.56 Å². The van der Waals surface area contributed by atoms with Crippen LogP contribution in [0.3, 0.4) is 0 Å². The molecule has 0 atom stereocenters. The Morgan fingerprint density at radius 2 is 2.07 bits per heavy atom. The highest BCUT2D eigenvalue weighted by Crippen LogP contribution is 2.04. The second kappa shape index (κ2) is 4.27. The maximum Gasteiger partial charge on any atom is 0.267 e. The van der Waals surface area contributed by atoms with Gasteiger partial charge in [-0.05, 0) is 18.9 Å². The molecule has 0 saturated carbocycles. The Morgan fingerprint density at radius 1 is 1.33 bits per heavy atom. The van der Waals surface area contributed by atoms with E-state index in [-0.39, 0.29) is 11.5 Å². The van der Waals surface area contributed by atoms with Gasteiger partial charge in [0.15, 0.2) is 0 Å². The molecule has 1 aromatic heterocycles. The van der Waals surface area contributed by atoms with Gasteiger partial charge >= 0.3 is 0 Å². The minimum atomic E-state index is -0.201. The number of amides is 1. The molecule has 1 aromatic rings. The molecule has 0 unspecified atom stereocenters. The first-order valence-electron chi connectivity index (χ1n) is 5.00. The van der Waals surface area contributed by atoms with Gasteiger partial charge in [0.1, 0.15) is 0 Å². The molecule has 5 heteroatoms. The Bertz CT molecular complexity index is 387. The fourth-order valence-electron chi connectivity index (χ4n) is 1.59. The molecular formula is C10H13N3O2. The fourth-order valence-corrected chi connectivity index (χ4v) is 1.59. The number of aromatic amines is 1. The van der Waals surface area contributed by atoms with Gasteiger partial charge in [-0.2, -0.15) is 0 Å². The number of carbonyl (C=O) groups is 1. The van der Waals surface area contributed by atoms with Crippen LogP contribution in [0.1, 0.15) is 23.2 Å². The average Bonchev–Trinajstić information content (AvgIpc) is 2.71. The number of nitrogens with zero attached hydrogens (tertiary/aromatic N) is 1. The smallest absolute Gasteiger partial charge is 0.267 e. The highest BCUT2D eigenvalue weighted by Gasteiger charge is 2.14. The summed E-state index contributed by atoms with van der Waals surface area (Å²) < 4.78 is 0. The number of hydrogen-bond acceptors (Lipinski definition) is 3. The van der Waals surface area contributed by atoms with Crippen LogP contribution in [-0.4, -0.2) is 29.0 Å². The van der Waals surface area contributed by atoms with Crippen LogP contribution < -0.4 is 11.0 Å².